The Morgan fingerprint density at radius 2 is 1.68 bits per heavy atom. The van der Waals surface area contributed by atoms with Gasteiger partial charge in [-0.25, -0.2) is 0 Å². The Kier molecular flexibility index (Phi) is 4.81. The maximum Gasteiger partial charge on any atom is 0.425 e. The molecule has 0 atom stereocenters. The summed E-state index contributed by atoms with van der Waals surface area (Å²) in [5.41, 5.74) is 0.572. The predicted molar refractivity (Wildman–Crippen MR) is 104 cm³/mol. The van der Waals surface area contributed by atoms with Crippen molar-refractivity contribution in [3.63, 3.8) is 0 Å². The molecule has 0 radical (unpaired) electrons. The highest BCUT2D eigenvalue weighted by atomic mass is 32.1. The molecule has 0 spiro atoms. The van der Waals surface area contributed by atoms with Gasteiger partial charge in [0.05, 0.1) is 5.41 Å². The van der Waals surface area contributed by atoms with E-state index in [2.05, 4.69) is 26.9 Å². The fourth-order valence-corrected chi connectivity index (χ4v) is 4.43. The largest absolute Gasteiger partial charge is 0.425 e. The van der Waals surface area contributed by atoms with Crippen LogP contribution in [0.3, 0.4) is 0 Å². The molecule has 148 valence electrons. The third-order valence-corrected chi connectivity index (χ3v) is 6.70. The molecule has 2 heterocycles. The molecule has 0 unspecified atom stereocenters. The number of benzene rings is 1. The zero-order valence-electron chi connectivity index (χ0n) is 15.8. The molecule has 1 aliphatic rings. The van der Waals surface area contributed by atoms with Crippen LogP contribution in [-0.4, -0.2) is 14.8 Å². The lowest BCUT2D eigenvalue weighted by atomic mass is 9.90. The van der Waals surface area contributed by atoms with Crippen LogP contribution in [0.25, 0.3) is 0 Å². The number of alkyl halides is 3. The van der Waals surface area contributed by atoms with Crippen LogP contribution < -0.4 is 0 Å². The van der Waals surface area contributed by atoms with Crippen molar-refractivity contribution in [2.75, 3.05) is 0 Å². The SMILES string of the molecule is CC(C)(c1ccc(C(F)(F)F)s1)c1nnc(C2CC2)n1CCc1ccccc1. The molecule has 4 rings (SSSR count). The van der Waals surface area contributed by atoms with Gasteiger partial charge in [-0.1, -0.05) is 30.3 Å². The summed E-state index contributed by atoms with van der Waals surface area (Å²) in [7, 11) is 0. The summed E-state index contributed by atoms with van der Waals surface area (Å²) in [6, 6.07) is 12.9. The molecule has 28 heavy (non-hydrogen) atoms. The van der Waals surface area contributed by atoms with E-state index in [4.69, 9.17) is 0 Å². The molecule has 7 heteroatoms. The van der Waals surface area contributed by atoms with Crippen LogP contribution in [0.2, 0.25) is 0 Å². The van der Waals surface area contributed by atoms with Crippen LogP contribution in [-0.2, 0) is 24.6 Å². The summed E-state index contributed by atoms with van der Waals surface area (Å²) in [6.45, 7) is 4.58. The Labute approximate surface area is 166 Å². The Hall–Kier alpha value is -2.15. The van der Waals surface area contributed by atoms with Crippen molar-refractivity contribution in [2.45, 2.75) is 57.2 Å². The first kappa shape index (κ1) is 19.2. The number of aryl methyl sites for hydroxylation is 1. The van der Waals surface area contributed by atoms with E-state index in [1.807, 2.05) is 32.0 Å². The van der Waals surface area contributed by atoms with Crippen LogP contribution in [0.5, 0.6) is 0 Å². The van der Waals surface area contributed by atoms with Gasteiger partial charge in [-0.15, -0.1) is 21.5 Å². The smallest absolute Gasteiger partial charge is 0.314 e. The highest BCUT2D eigenvalue weighted by Crippen LogP contribution is 2.43. The molecule has 0 amide bonds. The van der Waals surface area contributed by atoms with E-state index in [9.17, 15) is 13.2 Å². The quantitative estimate of drug-likeness (QED) is 0.519. The molecule has 0 N–H and O–H groups in total. The summed E-state index contributed by atoms with van der Waals surface area (Å²) >= 11 is 0.792. The van der Waals surface area contributed by atoms with Crippen molar-refractivity contribution >= 4 is 11.3 Å². The Balaban J connectivity index is 1.67. The van der Waals surface area contributed by atoms with Crippen molar-refractivity contribution in [2.24, 2.45) is 0 Å². The summed E-state index contributed by atoms with van der Waals surface area (Å²) < 4.78 is 41.4. The summed E-state index contributed by atoms with van der Waals surface area (Å²) in [5, 5.41) is 8.88. The molecule has 0 aliphatic heterocycles. The van der Waals surface area contributed by atoms with E-state index in [0.717, 1.165) is 54.9 Å². The van der Waals surface area contributed by atoms with Crippen LogP contribution >= 0.6 is 11.3 Å². The Morgan fingerprint density at radius 1 is 1.00 bits per heavy atom. The van der Waals surface area contributed by atoms with Gasteiger partial charge in [-0.05, 0) is 50.8 Å². The third kappa shape index (κ3) is 3.72. The monoisotopic (exact) mass is 405 g/mol. The van der Waals surface area contributed by atoms with E-state index in [-0.39, 0.29) is 0 Å². The summed E-state index contributed by atoms with van der Waals surface area (Å²) in [5.74, 6) is 2.12. The highest BCUT2D eigenvalue weighted by molar-refractivity contribution is 7.12. The van der Waals surface area contributed by atoms with E-state index < -0.39 is 16.5 Å². The minimum Gasteiger partial charge on any atom is -0.314 e. The molecule has 1 aromatic carbocycles. The van der Waals surface area contributed by atoms with Gasteiger partial charge in [0.15, 0.2) is 0 Å². The number of hydrogen-bond acceptors (Lipinski definition) is 3. The second-order valence-electron chi connectivity index (χ2n) is 7.83. The number of rotatable bonds is 6. The maximum atomic E-state index is 13.1. The minimum atomic E-state index is -4.32. The van der Waals surface area contributed by atoms with Gasteiger partial charge in [-0.3, -0.25) is 0 Å². The second-order valence-corrected chi connectivity index (χ2v) is 8.91. The minimum absolute atomic E-state index is 0.418. The van der Waals surface area contributed by atoms with Gasteiger partial charge in [0.1, 0.15) is 16.5 Å². The van der Waals surface area contributed by atoms with E-state index in [1.54, 1.807) is 6.07 Å². The van der Waals surface area contributed by atoms with Gasteiger partial charge in [0.25, 0.3) is 0 Å². The number of aromatic nitrogens is 3. The zero-order valence-corrected chi connectivity index (χ0v) is 16.6. The normalized spacial score (nSPS) is 15.2. The lowest BCUT2D eigenvalue weighted by Crippen LogP contribution is -2.24. The molecule has 3 nitrogen and oxygen atoms in total. The standard InChI is InChI=1S/C21H22F3N3S/c1-20(2,16-10-11-17(28-16)21(22,23)24)19-26-25-18(15-8-9-15)27(19)13-12-14-6-4-3-5-7-14/h3-7,10-11,15H,8-9,12-13H2,1-2H3. The zero-order chi connectivity index (χ0) is 19.9. The van der Waals surface area contributed by atoms with Crippen molar-refractivity contribution < 1.29 is 13.2 Å². The molecule has 1 fully saturated rings. The molecule has 3 aromatic rings. The average Bonchev–Trinajstić information content (AvgIpc) is 3.19. The number of thiophene rings is 1. The molecule has 1 saturated carbocycles. The summed E-state index contributed by atoms with van der Waals surface area (Å²) in [6.07, 6.45) is -1.29. The van der Waals surface area contributed by atoms with Crippen LogP contribution in [0.1, 0.15) is 59.6 Å². The van der Waals surface area contributed by atoms with Crippen LogP contribution in [0.15, 0.2) is 42.5 Å². The first-order valence-corrected chi connectivity index (χ1v) is 10.2. The third-order valence-electron chi connectivity index (χ3n) is 5.25. The first-order valence-electron chi connectivity index (χ1n) is 9.42. The Morgan fingerprint density at radius 3 is 2.29 bits per heavy atom. The predicted octanol–water partition coefficient (Wildman–Crippen LogP) is 5.80. The molecular formula is C21H22F3N3S. The van der Waals surface area contributed by atoms with Gasteiger partial charge < -0.3 is 4.57 Å². The van der Waals surface area contributed by atoms with Gasteiger partial charge in [0.2, 0.25) is 0 Å². The van der Waals surface area contributed by atoms with Gasteiger partial charge in [0, 0.05) is 17.3 Å². The lowest BCUT2D eigenvalue weighted by Gasteiger charge is -2.24. The lowest BCUT2D eigenvalue weighted by molar-refractivity contribution is -0.134. The Bertz CT molecular complexity index is 953. The fraction of sp³-hybridized carbons (Fsp3) is 0.429. The molecule has 1 aliphatic carbocycles. The maximum absolute atomic E-state index is 13.1. The molecule has 0 bridgehead atoms. The number of halogens is 3. The van der Waals surface area contributed by atoms with Crippen molar-refractivity contribution in [3.8, 4) is 0 Å². The average molecular weight is 405 g/mol. The number of nitrogens with zero attached hydrogens (tertiary/aromatic N) is 3. The van der Waals surface area contributed by atoms with Crippen molar-refractivity contribution in [1.29, 1.82) is 0 Å². The van der Waals surface area contributed by atoms with E-state index in [0.29, 0.717) is 10.8 Å². The molecule has 0 saturated heterocycles. The number of hydrogen-bond donors (Lipinski definition) is 0. The highest BCUT2D eigenvalue weighted by Gasteiger charge is 2.39. The van der Waals surface area contributed by atoms with E-state index >= 15 is 0 Å². The first-order chi connectivity index (χ1) is 13.3. The topological polar surface area (TPSA) is 30.7 Å². The van der Waals surface area contributed by atoms with Gasteiger partial charge >= 0.3 is 6.18 Å². The molecule has 2 aromatic heterocycles. The second kappa shape index (κ2) is 7.03. The van der Waals surface area contributed by atoms with Crippen LogP contribution in [0, 0.1) is 0 Å². The molecular weight excluding hydrogens is 383 g/mol. The fourth-order valence-electron chi connectivity index (χ4n) is 3.46. The summed E-state index contributed by atoms with van der Waals surface area (Å²) in [4.78, 5) is 0.0730. The van der Waals surface area contributed by atoms with Gasteiger partial charge in [-0.2, -0.15) is 13.2 Å². The van der Waals surface area contributed by atoms with Crippen molar-refractivity contribution in [1.82, 2.24) is 14.8 Å². The van der Waals surface area contributed by atoms with Crippen molar-refractivity contribution in [3.05, 3.63) is 69.4 Å². The van der Waals surface area contributed by atoms with E-state index in [1.165, 1.54) is 5.56 Å². The van der Waals surface area contributed by atoms with Crippen LogP contribution in [0.4, 0.5) is 13.2 Å².